The molecule has 3 heteroatoms. The molecule has 1 saturated carbocycles. The highest BCUT2D eigenvalue weighted by Gasteiger charge is 2.28. The Balaban J connectivity index is 1.95. The van der Waals surface area contributed by atoms with Crippen LogP contribution < -0.4 is 5.32 Å². The van der Waals surface area contributed by atoms with Gasteiger partial charge in [0.15, 0.2) is 0 Å². The Morgan fingerprint density at radius 3 is 2.79 bits per heavy atom. The topological polar surface area (TPSA) is 29.9 Å². The lowest BCUT2D eigenvalue weighted by Crippen LogP contribution is -2.43. The van der Waals surface area contributed by atoms with Crippen molar-refractivity contribution < 1.29 is 0 Å². The third-order valence-electron chi connectivity index (χ3n) is 3.38. The number of aromatic nitrogens is 2. The van der Waals surface area contributed by atoms with Crippen LogP contribution in [-0.2, 0) is 7.05 Å². The number of hydrogen-bond acceptors (Lipinski definition) is 2. The quantitative estimate of drug-likeness (QED) is 0.794. The minimum Gasteiger partial charge on any atom is -0.336 e. The summed E-state index contributed by atoms with van der Waals surface area (Å²) in [6, 6.07) is 1.12. The maximum absolute atomic E-state index is 4.14. The minimum atomic E-state index is 0.412. The van der Waals surface area contributed by atoms with Gasteiger partial charge in [-0.3, -0.25) is 0 Å². The summed E-state index contributed by atoms with van der Waals surface area (Å²) in [5, 5.41) is 3.65. The van der Waals surface area contributed by atoms with Gasteiger partial charge in [-0.2, -0.15) is 0 Å². The van der Waals surface area contributed by atoms with Crippen molar-refractivity contribution in [1.29, 1.82) is 0 Å². The Morgan fingerprint density at radius 1 is 1.57 bits per heavy atom. The largest absolute Gasteiger partial charge is 0.336 e. The van der Waals surface area contributed by atoms with Gasteiger partial charge in [0.1, 0.15) is 0 Å². The van der Waals surface area contributed by atoms with Gasteiger partial charge in [-0.1, -0.05) is 6.92 Å². The maximum atomic E-state index is 4.14. The van der Waals surface area contributed by atoms with E-state index in [0.717, 1.165) is 5.92 Å². The zero-order chi connectivity index (χ0) is 10.1. The summed E-state index contributed by atoms with van der Waals surface area (Å²) in [5.41, 5.74) is 1.27. The average molecular weight is 193 g/mol. The molecule has 0 aliphatic heterocycles. The lowest BCUT2D eigenvalue weighted by Gasteiger charge is -2.36. The normalized spacial score (nSPS) is 28.5. The molecule has 1 aliphatic carbocycles. The van der Waals surface area contributed by atoms with Crippen LogP contribution in [0.5, 0.6) is 0 Å². The molecule has 14 heavy (non-hydrogen) atoms. The van der Waals surface area contributed by atoms with Crippen molar-refractivity contribution in [1.82, 2.24) is 14.9 Å². The van der Waals surface area contributed by atoms with Crippen LogP contribution in [0.25, 0.3) is 0 Å². The smallest absolute Gasteiger partial charge is 0.0946 e. The van der Waals surface area contributed by atoms with Gasteiger partial charge in [-0.05, 0) is 25.7 Å². The lowest BCUT2D eigenvalue weighted by molar-refractivity contribution is 0.212. The first kappa shape index (κ1) is 9.71. The molecule has 0 spiro atoms. The van der Waals surface area contributed by atoms with E-state index in [4.69, 9.17) is 0 Å². The fourth-order valence-electron chi connectivity index (χ4n) is 2.11. The Labute approximate surface area is 85.5 Å². The molecule has 1 heterocycles. The predicted molar refractivity (Wildman–Crippen MR) is 56.9 cm³/mol. The zero-order valence-electron chi connectivity index (χ0n) is 9.20. The first-order valence-corrected chi connectivity index (χ1v) is 5.40. The third kappa shape index (κ3) is 1.69. The summed E-state index contributed by atoms with van der Waals surface area (Å²) in [4.78, 5) is 4.14. The molecule has 3 nitrogen and oxygen atoms in total. The van der Waals surface area contributed by atoms with E-state index < -0.39 is 0 Å². The number of rotatable bonds is 3. The molecule has 2 rings (SSSR count). The zero-order valence-corrected chi connectivity index (χ0v) is 9.20. The van der Waals surface area contributed by atoms with Crippen LogP contribution in [0.15, 0.2) is 12.5 Å². The van der Waals surface area contributed by atoms with Gasteiger partial charge in [0, 0.05) is 25.3 Å². The SMILES string of the molecule is CC(NC1CCC1C)c1cncn1C. The van der Waals surface area contributed by atoms with Gasteiger partial charge in [0.2, 0.25) is 0 Å². The molecule has 0 amide bonds. The van der Waals surface area contributed by atoms with Crippen molar-refractivity contribution in [3.05, 3.63) is 18.2 Å². The van der Waals surface area contributed by atoms with Crippen LogP contribution >= 0.6 is 0 Å². The third-order valence-corrected chi connectivity index (χ3v) is 3.38. The first-order valence-electron chi connectivity index (χ1n) is 5.40. The Hall–Kier alpha value is -0.830. The highest BCUT2D eigenvalue weighted by molar-refractivity contribution is 5.04. The maximum Gasteiger partial charge on any atom is 0.0946 e. The molecule has 3 atom stereocenters. The Bertz CT molecular complexity index is 305. The standard InChI is InChI=1S/C11H19N3/c1-8-4-5-10(8)13-9(2)11-6-12-7-14(11)3/h6-10,13H,4-5H2,1-3H3. The highest BCUT2D eigenvalue weighted by atomic mass is 15.1. The van der Waals surface area contributed by atoms with Crippen LogP contribution in [0.3, 0.4) is 0 Å². The van der Waals surface area contributed by atoms with E-state index in [2.05, 4.69) is 28.7 Å². The van der Waals surface area contributed by atoms with Crippen molar-refractivity contribution in [3.8, 4) is 0 Å². The van der Waals surface area contributed by atoms with E-state index in [1.807, 2.05) is 19.6 Å². The van der Waals surface area contributed by atoms with Crippen molar-refractivity contribution in [3.63, 3.8) is 0 Å². The van der Waals surface area contributed by atoms with Crippen molar-refractivity contribution in [2.45, 2.75) is 38.8 Å². The van der Waals surface area contributed by atoms with E-state index in [1.54, 1.807) is 0 Å². The van der Waals surface area contributed by atoms with E-state index in [-0.39, 0.29) is 0 Å². The molecule has 0 saturated heterocycles. The van der Waals surface area contributed by atoms with Gasteiger partial charge in [0.25, 0.3) is 0 Å². The lowest BCUT2D eigenvalue weighted by atomic mass is 9.81. The molecular weight excluding hydrogens is 174 g/mol. The van der Waals surface area contributed by atoms with Gasteiger partial charge < -0.3 is 9.88 Å². The molecule has 78 valence electrons. The number of nitrogens with one attached hydrogen (secondary N) is 1. The molecule has 0 aromatic carbocycles. The van der Waals surface area contributed by atoms with E-state index in [0.29, 0.717) is 12.1 Å². The Morgan fingerprint density at radius 2 is 2.36 bits per heavy atom. The molecule has 1 aliphatic rings. The summed E-state index contributed by atoms with van der Waals surface area (Å²) in [7, 11) is 2.05. The second-order valence-electron chi connectivity index (χ2n) is 4.48. The van der Waals surface area contributed by atoms with Crippen LogP contribution in [-0.4, -0.2) is 15.6 Å². The average Bonchev–Trinajstić information content (AvgIpc) is 2.58. The summed E-state index contributed by atoms with van der Waals surface area (Å²) in [6.45, 7) is 4.53. The van der Waals surface area contributed by atoms with Crippen molar-refractivity contribution in [2.75, 3.05) is 0 Å². The molecule has 1 N–H and O–H groups in total. The predicted octanol–water partition coefficient (Wildman–Crippen LogP) is 1.87. The van der Waals surface area contributed by atoms with Gasteiger partial charge in [0.05, 0.1) is 12.0 Å². The first-order chi connectivity index (χ1) is 6.68. The summed E-state index contributed by atoms with van der Waals surface area (Å²) < 4.78 is 2.08. The molecule has 0 bridgehead atoms. The molecular formula is C11H19N3. The van der Waals surface area contributed by atoms with E-state index in [9.17, 15) is 0 Å². The second kappa shape index (κ2) is 3.73. The van der Waals surface area contributed by atoms with E-state index >= 15 is 0 Å². The fourth-order valence-corrected chi connectivity index (χ4v) is 2.11. The van der Waals surface area contributed by atoms with Crippen molar-refractivity contribution >= 4 is 0 Å². The Kier molecular flexibility index (Phi) is 2.59. The van der Waals surface area contributed by atoms with Gasteiger partial charge >= 0.3 is 0 Å². The highest BCUT2D eigenvalue weighted by Crippen LogP contribution is 2.28. The molecule has 3 unspecified atom stereocenters. The molecule has 1 aromatic rings. The minimum absolute atomic E-state index is 0.412. The van der Waals surface area contributed by atoms with Gasteiger partial charge in [-0.15, -0.1) is 0 Å². The number of imidazole rings is 1. The van der Waals surface area contributed by atoms with Crippen molar-refractivity contribution in [2.24, 2.45) is 13.0 Å². The molecule has 1 fully saturated rings. The van der Waals surface area contributed by atoms with Gasteiger partial charge in [-0.25, -0.2) is 4.98 Å². The summed E-state index contributed by atoms with van der Waals surface area (Å²) in [5.74, 6) is 0.839. The summed E-state index contributed by atoms with van der Waals surface area (Å²) in [6.07, 6.45) is 6.50. The number of hydrogen-bond donors (Lipinski definition) is 1. The summed E-state index contributed by atoms with van der Waals surface area (Å²) >= 11 is 0. The van der Waals surface area contributed by atoms with Crippen LogP contribution in [0.2, 0.25) is 0 Å². The van der Waals surface area contributed by atoms with Crippen LogP contribution in [0, 0.1) is 5.92 Å². The molecule has 1 aromatic heterocycles. The molecule has 0 radical (unpaired) electrons. The monoisotopic (exact) mass is 193 g/mol. The number of nitrogens with zero attached hydrogens (tertiary/aromatic N) is 2. The fraction of sp³-hybridized carbons (Fsp3) is 0.727. The van der Waals surface area contributed by atoms with Crippen LogP contribution in [0.4, 0.5) is 0 Å². The van der Waals surface area contributed by atoms with E-state index in [1.165, 1.54) is 18.5 Å². The number of aryl methyl sites for hydroxylation is 1. The second-order valence-corrected chi connectivity index (χ2v) is 4.48. The van der Waals surface area contributed by atoms with Crippen LogP contribution in [0.1, 0.15) is 38.4 Å².